The second kappa shape index (κ2) is 5.47. The second-order valence-electron chi connectivity index (χ2n) is 4.52. The third-order valence-corrected chi connectivity index (χ3v) is 2.93. The van der Waals surface area contributed by atoms with E-state index in [1.165, 1.54) is 12.8 Å². The maximum atomic E-state index is 11.1. The Bertz CT molecular complexity index is 214. The average molecular weight is 215 g/mol. The van der Waals surface area contributed by atoms with Gasteiger partial charge in [-0.1, -0.05) is 19.8 Å². The Morgan fingerprint density at radius 3 is 2.53 bits per heavy atom. The van der Waals surface area contributed by atoms with Gasteiger partial charge in [0.15, 0.2) is 0 Å². The lowest BCUT2D eigenvalue weighted by atomic mass is 9.85. The monoisotopic (exact) mass is 215 g/mol. The van der Waals surface area contributed by atoms with Crippen molar-refractivity contribution in [2.75, 3.05) is 33.4 Å². The Morgan fingerprint density at radius 2 is 2.13 bits per heavy atom. The van der Waals surface area contributed by atoms with E-state index in [2.05, 4.69) is 11.8 Å². The minimum atomic E-state index is -0.726. The third-order valence-electron chi connectivity index (χ3n) is 2.93. The maximum Gasteiger partial charge on any atom is 0.315 e. The highest BCUT2D eigenvalue weighted by atomic mass is 16.5. The molecule has 0 amide bonds. The highest BCUT2D eigenvalue weighted by Crippen LogP contribution is 2.28. The van der Waals surface area contributed by atoms with Gasteiger partial charge in [0.25, 0.3) is 0 Å². The lowest BCUT2D eigenvalue weighted by molar-refractivity contribution is -0.182. The Labute approximate surface area is 91.2 Å². The molecule has 1 N–H and O–H groups in total. The first-order valence-corrected chi connectivity index (χ1v) is 5.60. The molecular formula is C11H21NO3. The van der Waals surface area contributed by atoms with Crippen molar-refractivity contribution in [1.29, 1.82) is 0 Å². The molecule has 88 valence electrons. The molecule has 4 nitrogen and oxygen atoms in total. The summed E-state index contributed by atoms with van der Waals surface area (Å²) >= 11 is 0. The first-order valence-electron chi connectivity index (χ1n) is 5.60. The zero-order chi connectivity index (χ0) is 11.3. The molecular weight excluding hydrogens is 194 g/mol. The molecule has 0 saturated carbocycles. The summed E-state index contributed by atoms with van der Waals surface area (Å²) in [7, 11) is 1.98. The van der Waals surface area contributed by atoms with Crippen molar-refractivity contribution < 1.29 is 14.6 Å². The molecule has 1 rings (SSSR count). The van der Waals surface area contributed by atoms with E-state index in [1.54, 1.807) is 0 Å². The topological polar surface area (TPSA) is 49.8 Å². The van der Waals surface area contributed by atoms with Gasteiger partial charge in [0.2, 0.25) is 0 Å². The summed E-state index contributed by atoms with van der Waals surface area (Å²) in [6.45, 7) is 4.47. The van der Waals surface area contributed by atoms with Gasteiger partial charge < -0.3 is 14.7 Å². The highest BCUT2D eigenvalue weighted by molar-refractivity contribution is 5.76. The van der Waals surface area contributed by atoms with E-state index in [9.17, 15) is 4.79 Å². The summed E-state index contributed by atoms with van der Waals surface area (Å²) in [5, 5.41) is 9.10. The molecule has 0 unspecified atom stereocenters. The summed E-state index contributed by atoms with van der Waals surface area (Å²) in [6, 6.07) is 0. The van der Waals surface area contributed by atoms with Crippen LogP contribution in [0.4, 0.5) is 0 Å². The number of carboxylic acid groups (broad SMARTS) is 1. The van der Waals surface area contributed by atoms with Crippen LogP contribution < -0.4 is 0 Å². The highest BCUT2D eigenvalue weighted by Gasteiger charge is 2.46. The second-order valence-corrected chi connectivity index (χ2v) is 4.52. The SMILES string of the molecule is CCCCCN(C)CC1(C(=O)O)COC1. The van der Waals surface area contributed by atoms with Gasteiger partial charge in [-0.05, 0) is 20.0 Å². The molecule has 1 heterocycles. The lowest BCUT2D eigenvalue weighted by Crippen LogP contribution is -2.55. The number of carboxylic acids is 1. The summed E-state index contributed by atoms with van der Waals surface area (Å²) in [5.41, 5.74) is -0.638. The fraction of sp³-hybridized carbons (Fsp3) is 0.909. The lowest BCUT2D eigenvalue weighted by Gasteiger charge is -2.40. The minimum absolute atomic E-state index is 0.362. The molecule has 0 atom stereocenters. The molecule has 1 aliphatic rings. The number of nitrogens with zero attached hydrogens (tertiary/aromatic N) is 1. The average Bonchev–Trinajstić information content (AvgIpc) is 2.11. The van der Waals surface area contributed by atoms with Gasteiger partial charge in [-0.2, -0.15) is 0 Å². The summed E-state index contributed by atoms with van der Waals surface area (Å²) in [6.07, 6.45) is 3.55. The van der Waals surface area contributed by atoms with Crippen LogP contribution in [0.15, 0.2) is 0 Å². The molecule has 0 aromatic heterocycles. The zero-order valence-corrected chi connectivity index (χ0v) is 9.66. The van der Waals surface area contributed by atoms with Crippen molar-refractivity contribution in [2.24, 2.45) is 5.41 Å². The summed E-state index contributed by atoms with van der Waals surface area (Å²) in [5.74, 6) is -0.726. The minimum Gasteiger partial charge on any atom is -0.481 e. The van der Waals surface area contributed by atoms with Gasteiger partial charge in [-0.3, -0.25) is 4.79 Å². The van der Waals surface area contributed by atoms with Crippen LogP contribution in [0.2, 0.25) is 0 Å². The molecule has 1 saturated heterocycles. The van der Waals surface area contributed by atoms with E-state index in [4.69, 9.17) is 9.84 Å². The van der Waals surface area contributed by atoms with Crippen LogP contribution in [-0.2, 0) is 9.53 Å². The molecule has 15 heavy (non-hydrogen) atoms. The first-order chi connectivity index (χ1) is 7.10. The van der Waals surface area contributed by atoms with Gasteiger partial charge in [0, 0.05) is 6.54 Å². The standard InChI is InChI=1S/C11H21NO3/c1-3-4-5-6-12(2)7-11(10(13)14)8-15-9-11/h3-9H2,1-2H3,(H,13,14). The fourth-order valence-electron chi connectivity index (χ4n) is 1.86. The van der Waals surface area contributed by atoms with Crippen molar-refractivity contribution in [2.45, 2.75) is 26.2 Å². The maximum absolute atomic E-state index is 11.1. The van der Waals surface area contributed by atoms with Crippen LogP contribution in [-0.4, -0.2) is 49.3 Å². The number of aliphatic carboxylic acids is 1. The van der Waals surface area contributed by atoms with Crippen molar-refractivity contribution >= 4 is 5.97 Å². The van der Waals surface area contributed by atoms with Crippen molar-refractivity contribution in [3.8, 4) is 0 Å². The Balaban J connectivity index is 2.29. The van der Waals surface area contributed by atoms with E-state index in [1.807, 2.05) is 7.05 Å². The quantitative estimate of drug-likeness (QED) is 0.648. The molecule has 0 aliphatic carbocycles. The van der Waals surface area contributed by atoms with E-state index in [0.717, 1.165) is 13.0 Å². The van der Waals surface area contributed by atoms with Crippen LogP contribution in [0.1, 0.15) is 26.2 Å². The van der Waals surface area contributed by atoms with Crippen molar-refractivity contribution in [3.63, 3.8) is 0 Å². The number of ether oxygens (including phenoxy) is 1. The van der Waals surface area contributed by atoms with Crippen LogP contribution >= 0.6 is 0 Å². The van der Waals surface area contributed by atoms with E-state index in [0.29, 0.717) is 19.8 Å². The largest absolute Gasteiger partial charge is 0.481 e. The molecule has 0 spiro atoms. The van der Waals surface area contributed by atoms with Crippen LogP contribution in [0.3, 0.4) is 0 Å². The van der Waals surface area contributed by atoms with E-state index >= 15 is 0 Å². The summed E-state index contributed by atoms with van der Waals surface area (Å²) < 4.78 is 5.02. The normalized spacial score (nSPS) is 18.9. The van der Waals surface area contributed by atoms with E-state index in [-0.39, 0.29) is 0 Å². The summed E-state index contributed by atoms with van der Waals surface area (Å²) in [4.78, 5) is 13.2. The van der Waals surface area contributed by atoms with Gasteiger partial charge in [0.05, 0.1) is 13.2 Å². The van der Waals surface area contributed by atoms with Gasteiger partial charge in [-0.25, -0.2) is 0 Å². The van der Waals surface area contributed by atoms with Crippen molar-refractivity contribution in [3.05, 3.63) is 0 Å². The molecule has 4 heteroatoms. The smallest absolute Gasteiger partial charge is 0.315 e. The molecule has 0 aromatic rings. The number of hydrogen-bond donors (Lipinski definition) is 1. The number of carbonyl (C=O) groups is 1. The van der Waals surface area contributed by atoms with Gasteiger partial charge in [-0.15, -0.1) is 0 Å². The molecule has 0 aromatic carbocycles. The van der Waals surface area contributed by atoms with Crippen LogP contribution in [0.5, 0.6) is 0 Å². The first kappa shape index (κ1) is 12.5. The third kappa shape index (κ3) is 3.18. The molecule has 0 radical (unpaired) electrons. The van der Waals surface area contributed by atoms with Gasteiger partial charge in [0.1, 0.15) is 5.41 Å². The Morgan fingerprint density at radius 1 is 1.47 bits per heavy atom. The molecule has 1 fully saturated rings. The van der Waals surface area contributed by atoms with E-state index < -0.39 is 11.4 Å². The number of rotatable bonds is 7. The molecule has 1 aliphatic heterocycles. The van der Waals surface area contributed by atoms with Crippen LogP contribution in [0.25, 0.3) is 0 Å². The zero-order valence-electron chi connectivity index (χ0n) is 9.66. The van der Waals surface area contributed by atoms with Crippen LogP contribution in [0, 0.1) is 5.41 Å². The van der Waals surface area contributed by atoms with Gasteiger partial charge >= 0.3 is 5.97 Å². The Hall–Kier alpha value is -0.610. The molecule has 0 bridgehead atoms. The predicted molar refractivity (Wildman–Crippen MR) is 57.9 cm³/mol. The fourth-order valence-corrected chi connectivity index (χ4v) is 1.86. The van der Waals surface area contributed by atoms with Crippen molar-refractivity contribution in [1.82, 2.24) is 4.90 Å². The Kier molecular flexibility index (Phi) is 4.54. The predicted octanol–water partition coefficient (Wildman–Crippen LogP) is 1.21. The number of hydrogen-bond acceptors (Lipinski definition) is 3. The number of unbranched alkanes of at least 4 members (excludes halogenated alkanes) is 2.